The van der Waals surface area contributed by atoms with E-state index in [-0.39, 0.29) is 18.3 Å². The first kappa shape index (κ1) is 21.4. The van der Waals surface area contributed by atoms with Gasteiger partial charge in [0.1, 0.15) is 5.60 Å². The van der Waals surface area contributed by atoms with Gasteiger partial charge in [-0.3, -0.25) is 0 Å². The molecule has 130 valence electrons. The predicted molar refractivity (Wildman–Crippen MR) is 92.0 cm³/mol. The number of ether oxygens (including phenoxy) is 1. The number of aliphatic hydroxyl groups is 1. The van der Waals surface area contributed by atoms with E-state index in [0.717, 1.165) is 17.3 Å². The number of alkyl carbamates (subject to hydrolysis) is 1. The molecule has 7 heteroatoms. The van der Waals surface area contributed by atoms with Crippen molar-refractivity contribution in [1.82, 2.24) is 5.32 Å². The standard InChI is InChI=1S/C8H16BrNO2.C8H8O3/c1-8(2,3)12-7(11)10-6-4-5-9;9-5-6-1-3-7(4-2-6)8(10)11/h4-6H2,1-3H3,(H,10,11);1-4,9H,5H2,(H,10,11). The number of hydrogen-bond acceptors (Lipinski definition) is 4. The molecule has 0 saturated carbocycles. The first-order valence-corrected chi connectivity index (χ1v) is 8.27. The summed E-state index contributed by atoms with van der Waals surface area (Å²) >= 11 is 3.27. The smallest absolute Gasteiger partial charge is 0.407 e. The molecular weight excluding hydrogens is 366 g/mol. The maximum Gasteiger partial charge on any atom is 0.407 e. The summed E-state index contributed by atoms with van der Waals surface area (Å²) in [7, 11) is 0. The van der Waals surface area contributed by atoms with Crippen LogP contribution < -0.4 is 5.32 Å². The molecule has 0 atom stereocenters. The molecule has 0 spiro atoms. The lowest BCUT2D eigenvalue weighted by Gasteiger charge is -2.19. The van der Waals surface area contributed by atoms with E-state index < -0.39 is 11.6 Å². The third kappa shape index (κ3) is 11.6. The molecule has 0 bridgehead atoms. The van der Waals surface area contributed by atoms with Gasteiger partial charge >= 0.3 is 12.1 Å². The van der Waals surface area contributed by atoms with Crippen molar-refractivity contribution in [2.75, 3.05) is 11.9 Å². The molecule has 0 saturated heterocycles. The number of halogens is 1. The van der Waals surface area contributed by atoms with Crippen LogP contribution in [0.4, 0.5) is 4.79 Å². The molecule has 0 aliphatic heterocycles. The van der Waals surface area contributed by atoms with E-state index in [9.17, 15) is 9.59 Å². The fraction of sp³-hybridized carbons (Fsp3) is 0.500. The maximum atomic E-state index is 11.0. The van der Waals surface area contributed by atoms with Crippen molar-refractivity contribution in [2.45, 2.75) is 39.4 Å². The van der Waals surface area contributed by atoms with Gasteiger partial charge in [-0.15, -0.1) is 0 Å². The van der Waals surface area contributed by atoms with E-state index >= 15 is 0 Å². The van der Waals surface area contributed by atoms with Crippen LogP contribution in [0.1, 0.15) is 43.1 Å². The second-order valence-corrected chi connectivity index (χ2v) is 6.42. The second-order valence-electron chi connectivity index (χ2n) is 5.63. The number of carboxylic acid groups (broad SMARTS) is 1. The van der Waals surface area contributed by atoms with Crippen LogP contribution in [0.15, 0.2) is 24.3 Å². The van der Waals surface area contributed by atoms with Crippen molar-refractivity contribution in [1.29, 1.82) is 0 Å². The number of hydrogen-bond donors (Lipinski definition) is 3. The van der Waals surface area contributed by atoms with Gasteiger partial charge < -0.3 is 20.3 Å². The van der Waals surface area contributed by atoms with Crippen LogP contribution in [0.25, 0.3) is 0 Å². The Hall–Kier alpha value is -1.60. The first-order valence-electron chi connectivity index (χ1n) is 7.15. The van der Waals surface area contributed by atoms with Crippen molar-refractivity contribution in [2.24, 2.45) is 0 Å². The SMILES string of the molecule is CC(C)(C)OC(=O)NCCCBr.O=C(O)c1ccc(CO)cc1. The van der Waals surface area contributed by atoms with Gasteiger partial charge in [0, 0.05) is 11.9 Å². The maximum absolute atomic E-state index is 11.0. The molecule has 0 aliphatic carbocycles. The van der Waals surface area contributed by atoms with Gasteiger partial charge in [0.15, 0.2) is 0 Å². The number of carbonyl (C=O) groups is 2. The molecule has 3 N–H and O–H groups in total. The lowest BCUT2D eigenvalue weighted by atomic mass is 10.1. The monoisotopic (exact) mass is 389 g/mol. The van der Waals surface area contributed by atoms with Gasteiger partial charge in [0.25, 0.3) is 0 Å². The number of rotatable bonds is 5. The van der Waals surface area contributed by atoms with Crippen LogP contribution in [0.5, 0.6) is 0 Å². The van der Waals surface area contributed by atoms with E-state index in [0.29, 0.717) is 6.54 Å². The van der Waals surface area contributed by atoms with Crippen molar-refractivity contribution >= 4 is 28.0 Å². The highest BCUT2D eigenvalue weighted by atomic mass is 79.9. The highest BCUT2D eigenvalue weighted by molar-refractivity contribution is 9.09. The van der Waals surface area contributed by atoms with Crippen molar-refractivity contribution in [3.8, 4) is 0 Å². The summed E-state index contributed by atoms with van der Waals surface area (Å²) in [5.41, 5.74) is 0.551. The number of alkyl halides is 1. The minimum Gasteiger partial charge on any atom is -0.478 e. The fourth-order valence-corrected chi connectivity index (χ4v) is 1.60. The molecule has 0 fully saturated rings. The van der Waals surface area contributed by atoms with Crippen LogP contribution in [-0.4, -0.2) is 39.8 Å². The predicted octanol–water partition coefficient (Wildman–Crippen LogP) is 3.17. The molecule has 0 radical (unpaired) electrons. The zero-order chi connectivity index (χ0) is 17.9. The van der Waals surface area contributed by atoms with Crippen LogP contribution in [0.2, 0.25) is 0 Å². The summed E-state index contributed by atoms with van der Waals surface area (Å²) in [4.78, 5) is 21.3. The van der Waals surface area contributed by atoms with E-state index in [1.165, 1.54) is 12.1 Å². The number of aromatic carboxylic acids is 1. The van der Waals surface area contributed by atoms with Crippen LogP contribution in [-0.2, 0) is 11.3 Å². The molecule has 0 aromatic heterocycles. The lowest BCUT2D eigenvalue weighted by molar-refractivity contribution is 0.0527. The van der Waals surface area contributed by atoms with Gasteiger partial charge in [0.2, 0.25) is 0 Å². The minimum absolute atomic E-state index is 0.0557. The summed E-state index contributed by atoms with van der Waals surface area (Å²) in [6.07, 6.45) is 0.572. The Morgan fingerprint density at radius 3 is 2.17 bits per heavy atom. The third-order valence-electron chi connectivity index (χ3n) is 2.36. The van der Waals surface area contributed by atoms with Crippen molar-refractivity contribution < 1.29 is 24.5 Å². The molecule has 0 heterocycles. The molecular formula is C16H24BrNO5. The van der Waals surface area contributed by atoms with Crippen molar-refractivity contribution in [3.05, 3.63) is 35.4 Å². The molecule has 0 unspecified atom stereocenters. The lowest BCUT2D eigenvalue weighted by Crippen LogP contribution is -2.33. The Morgan fingerprint density at radius 2 is 1.78 bits per heavy atom. The van der Waals surface area contributed by atoms with E-state index in [1.54, 1.807) is 12.1 Å². The largest absolute Gasteiger partial charge is 0.478 e. The second kappa shape index (κ2) is 11.0. The van der Waals surface area contributed by atoms with Gasteiger partial charge in [-0.25, -0.2) is 9.59 Å². The van der Waals surface area contributed by atoms with Gasteiger partial charge in [0.05, 0.1) is 12.2 Å². The van der Waals surface area contributed by atoms with Crippen molar-refractivity contribution in [3.63, 3.8) is 0 Å². The first-order chi connectivity index (χ1) is 10.7. The third-order valence-corrected chi connectivity index (χ3v) is 2.92. The summed E-state index contributed by atoms with van der Waals surface area (Å²) in [6.45, 7) is 6.13. The fourth-order valence-electron chi connectivity index (χ4n) is 1.32. The normalized spacial score (nSPS) is 10.3. The summed E-state index contributed by atoms with van der Waals surface area (Å²) in [6, 6.07) is 6.11. The molecule has 0 aliphatic rings. The molecule has 1 aromatic carbocycles. The summed E-state index contributed by atoms with van der Waals surface area (Å²) in [5.74, 6) is -0.950. The van der Waals surface area contributed by atoms with Crippen LogP contribution >= 0.6 is 15.9 Å². The Morgan fingerprint density at radius 1 is 1.22 bits per heavy atom. The molecule has 1 aromatic rings. The number of carboxylic acids is 1. The summed E-state index contributed by atoms with van der Waals surface area (Å²) in [5, 5.41) is 20.6. The molecule has 1 amide bonds. The van der Waals surface area contributed by atoms with E-state index in [1.807, 2.05) is 20.8 Å². The zero-order valence-electron chi connectivity index (χ0n) is 13.6. The number of nitrogens with one attached hydrogen (secondary N) is 1. The average molecular weight is 390 g/mol. The Bertz CT molecular complexity index is 482. The minimum atomic E-state index is -0.950. The summed E-state index contributed by atoms with van der Waals surface area (Å²) < 4.78 is 5.02. The molecule has 1 rings (SSSR count). The van der Waals surface area contributed by atoms with E-state index in [2.05, 4.69) is 21.2 Å². The highest BCUT2D eigenvalue weighted by Gasteiger charge is 2.15. The topological polar surface area (TPSA) is 95.9 Å². The average Bonchev–Trinajstić information content (AvgIpc) is 2.46. The Labute approximate surface area is 145 Å². The number of carbonyl (C=O) groups excluding carboxylic acids is 1. The quantitative estimate of drug-likeness (QED) is 0.530. The van der Waals surface area contributed by atoms with Crippen LogP contribution in [0, 0.1) is 0 Å². The molecule has 6 nitrogen and oxygen atoms in total. The Kier molecular flexibility index (Phi) is 10.2. The molecule has 23 heavy (non-hydrogen) atoms. The Balaban J connectivity index is 0.000000422. The number of amides is 1. The van der Waals surface area contributed by atoms with Gasteiger partial charge in [-0.05, 0) is 44.9 Å². The van der Waals surface area contributed by atoms with Gasteiger partial charge in [-0.2, -0.15) is 0 Å². The van der Waals surface area contributed by atoms with Gasteiger partial charge in [-0.1, -0.05) is 28.1 Å². The van der Waals surface area contributed by atoms with E-state index in [4.69, 9.17) is 14.9 Å². The zero-order valence-corrected chi connectivity index (χ0v) is 15.2. The number of aliphatic hydroxyl groups excluding tert-OH is 1. The van der Waals surface area contributed by atoms with Crippen LogP contribution in [0.3, 0.4) is 0 Å². The number of benzene rings is 1. The highest BCUT2D eigenvalue weighted by Crippen LogP contribution is 2.06.